The number of nitrogens with one attached hydrogen (secondary N) is 2. The molecule has 2 N–H and O–H groups in total. The van der Waals surface area contributed by atoms with Gasteiger partial charge in [-0.3, -0.25) is 0 Å². The average Bonchev–Trinajstić information content (AvgIpc) is 3.42. The predicted molar refractivity (Wildman–Crippen MR) is 217 cm³/mol. The Labute approximate surface area is 300 Å². The zero-order valence-corrected chi connectivity index (χ0v) is 28.8. The number of benzene rings is 8. The molecule has 0 unspecified atom stereocenters. The molecule has 0 bridgehead atoms. The molecule has 0 amide bonds. The molecule has 0 atom stereocenters. The predicted octanol–water partition coefficient (Wildman–Crippen LogP) is 13.6. The van der Waals surface area contributed by atoms with Crippen molar-refractivity contribution < 1.29 is 0 Å². The van der Waals surface area contributed by atoms with Crippen LogP contribution >= 0.6 is 0 Å². The number of rotatable bonds is 7. The average molecular weight is 655 g/mol. The van der Waals surface area contributed by atoms with E-state index in [2.05, 4.69) is 206 Å². The first kappa shape index (κ1) is 30.7. The second-order valence-electron chi connectivity index (χ2n) is 14.0. The number of fused-ring (bicyclic) bond motifs is 4. The molecule has 0 spiro atoms. The first-order valence-corrected chi connectivity index (χ1v) is 17.7. The van der Waals surface area contributed by atoms with Crippen LogP contribution in [0.25, 0.3) is 55.3 Å². The van der Waals surface area contributed by atoms with Gasteiger partial charge in [-0.1, -0.05) is 147 Å². The third kappa shape index (κ3) is 5.56. The van der Waals surface area contributed by atoms with Crippen molar-refractivity contribution in [1.82, 2.24) is 0 Å². The van der Waals surface area contributed by atoms with Crippen LogP contribution in [-0.4, -0.2) is 0 Å². The summed E-state index contributed by atoms with van der Waals surface area (Å²) < 4.78 is 0. The maximum Gasteiger partial charge on any atom is 0.0464 e. The molecule has 0 aliphatic heterocycles. The lowest BCUT2D eigenvalue weighted by Gasteiger charge is -2.22. The first-order valence-electron chi connectivity index (χ1n) is 17.7. The lowest BCUT2D eigenvalue weighted by molar-refractivity contribution is 0.660. The molecule has 1 aliphatic carbocycles. The molecule has 8 aromatic rings. The van der Waals surface area contributed by atoms with E-state index in [9.17, 15) is 0 Å². The van der Waals surface area contributed by atoms with Gasteiger partial charge in [0.15, 0.2) is 0 Å². The van der Waals surface area contributed by atoms with E-state index in [4.69, 9.17) is 0 Å². The van der Waals surface area contributed by atoms with Gasteiger partial charge in [0, 0.05) is 39.3 Å². The van der Waals surface area contributed by atoms with Crippen LogP contribution in [0, 0.1) is 0 Å². The van der Waals surface area contributed by atoms with Gasteiger partial charge in [-0.25, -0.2) is 0 Å². The smallest absolute Gasteiger partial charge is 0.0464 e. The van der Waals surface area contributed by atoms with Gasteiger partial charge in [-0.15, -0.1) is 0 Å². The number of para-hydroxylation sites is 2. The summed E-state index contributed by atoms with van der Waals surface area (Å²) in [5, 5.41) is 9.93. The van der Waals surface area contributed by atoms with E-state index in [1.165, 1.54) is 60.8 Å². The minimum atomic E-state index is -0.0742. The minimum Gasteiger partial charge on any atom is -0.355 e. The van der Waals surface area contributed by atoms with Crippen molar-refractivity contribution in [2.24, 2.45) is 0 Å². The van der Waals surface area contributed by atoms with E-state index in [1.54, 1.807) is 0 Å². The molecule has 9 rings (SSSR count). The van der Waals surface area contributed by atoms with Crippen molar-refractivity contribution in [3.63, 3.8) is 0 Å². The Bertz CT molecular complexity index is 2560. The van der Waals surface area contributed by atoms with Gasteiger partial charge in [0.05, 0.1) is 0 Å². The maximum absolute atomic E-state index is 3.76. The molecule has 0 radical (unpaired) electrons. The number of hydrogen-bond acceptors (Lipinski definition) is 2. The van der Waals surface area contributed by atoms with Crippen molar-refractivity contribution in [2.75, 3.05) is 10.6 Å². The molecule has 2 heteroatoms. The quantitative estimate of drug-likeness (QED) is 0.179. The summed E-state index contributed by atoms with van der Waals surface area (Å²) in [6.07, 6.45) is 0. The van der Waals surface area contributed by atoms with Crippen molar-refractivity contribution in [1.29, 1.82) is 0 Å². The van der Waals surface area contributed by atoms with Crippen LogP contribution in [0.15, 0.2) is 182 Å². The van der Waals surface area contributed by atoms with Gasteiger partial charge in [0.25, 0.3) is 0 Å². The monoisotopic (exact) mass is 654 g/mol. The topological polar surface area (TPSA) is 24.1 Å². The molecule has 2 nitrogen and oxygen atoms in total. The molecule has 8 aromatic carbocycles. The zero-order valence-electron chi connectivity index (χ0n) is 28.8. The molecule has 51 heavy (non-hydrogen) atoms. The van der Waals surface area contributed by atoms with E-state index in [-0.39, 0.29) is 5.41 Å². The first-order chi connectivity index (χ1) is 25.0. The minimum absolute atomic E-state index is 0.0742. The van der Waals surface area contributed by atoms with Crippen LogP contribution < -0.4 is 10.6 Å². The Balaban J connectivity index is 1.15. The largest absolute Gasteiger partial charge is 0.355 e. The van der Waals surface area contributed by atoms with Crippen molar-refractivity contribution in [2.45, 2.75) is 19.3 Å². The second-order valence-corrected chi connectivity index (χ2v) is 14.0. The number of anilines is 4. The Kier molecular flexibility index (Phi) is 7.51. The number of hydrogen-bond donors (Lipinski definition) is 2. The summed E-state index contributed by atoms with van der Waals surface area (Å²) in [7, 11) is 0. The summed E-state index contributed by atoms with van der Waals surface area (Å²) in [6, 6.07) is 65.6. The van der Waals surface area contributed by atoms with Crippen LogP contribution in [-0.2, 0) is 5.41 Å². The molecule has 0 saturated carbocycles. The second kappa shape index (κ2) is 12.5. The summed E-state index contributed by atoms with van der Waals surface area (Å²) in [4.78, 5) is 0. The summed E-state index contributed by atoms with van der Waals surface area (Å²) >= 11 is 0. The van der Waals surface area contributed by atoms with Gasteiger partial charge >= 0.3 is 0 Å². The van der Waals surface area contributed by atoms with Crippen molar-refractivity contribution in [3.05, 3.63) is 193 Å². The molecule has 0 fully saturated rings. The molecule has 1 aliphatic rings. The van der Waals surface area contributed by atoms with Gasteiger partial charge in [0.1, 0.15) is 0 Å². The highest BCUT2D eigenvalue weighted by Crippen LogP contribution is 2.53. The van der Waals surface area contributed by atoms with Crippen LogP contribution in [0.2, 0.25) is 0 Å². The van der Waals surface area contributed by atoms with E-state index < -0.39 is 0 Å². The van der Waals surface area contributed by atoms with E-state index in [0.29, 0.717) is 0 Å². The summed E-state index contributed by atoms with van der Waals surface area (Å²) in [6.45, 7) is 4.69. The Morgan fingerprint density at radius 2 is 0.980 bits per heavy atom. The van der Waals surface area contributed by atoms with Crippen LogP contribution in [0.3, 0.4) is 0 Å². The normalized spacial score (nSPS) is 12.7. The highest BCUT2D eigenvalue weighted by Gasteiger charge is 2.36. The molecule has 0 heterocycles. The lowest BCUT2D eigenvalue weighted by atomic mass is 9.82. The van der Waals surface area contributed by atoms with E-state index in [0.717, 1.165) is 28.3 Å². The molecular formula is C49H38N2. The fraction of sp³-hybridized carbons (Fsp3) is 0.0612. The Morgan fingerprint density at radius 1 is 0.353 bits per heavy atom. The zero-order chi connectivity index (χ0) is 34.4. The molecule has 244 valence electrons. The van der Waals surface area contributed by atoms with Crippen LogP contribution in [0.4, 0.5) is 22.7 Å². The highest BCUT2D eigenvalue weighted by atomic mass is 14.9. The molecule has 0 saturated heterocycles. The Morgan fingerprint density at radius 3 is 1.86 bits per heavy atom. The third-order valence-electron chi connectivity index (χ3n) is 10.4. The van der Waals surface area contributed by atoms with Crippen LogP contribution in [0.1, 0.15) is 25.0 Å². The maximum atomic E-state index is 3.76. The highest BCUT2D eigenvalue weighted by molar-refractivity contribution is 5.98. The van der Waals surface area contributed by atoms with E-state index >= 15 is 0 Å². The summed E-state index contributed by atoms with van der Waals surface area (Å²) in [5.74, 6) is 0. The molecule has 0 aromatic heterocycles. The SMILES string of the molecule is CC1(C)c2ccccc2-c2c(-c3cc(-c4cccc(-c5ccccc5Nc5ccc6ccccc6c5)c4)ccc3Nc3ccccc3)cccc21. The van der Waals surface area contributed by atoms with Crippen molar-refractivity contribution in [3.8, 4) is 44.5 Å². The lowest BCUT2D eigenvalue weighted by Crippen LogP contribution is -2.14. The van der Waals surface area contributed by atoms with Gasteiger partial charge in [-0.2, -0.15) is 0 Å². The van der Waals surface area contributed by atoms with Crippen LogP contribution in [0.5, 0.6) is 0 Å². The summed E-state index contributed by atoms with van der Waals surface area (Å²) in [5.41, 5.74) is 16.7. The fourth-order valence-corrected chi connectivity index (χ4v) is 7.84. The molecular weight excluding hydrogens is 617 g/mol. The Hall–Kier alpha value is -6.38. The van der Waals surface area contributed by atoms with Gasteiger partial charge in [-0.05, 0) is 104 Å². The fourth-order valence-electron chi connectivity index (χ4n) is 7.84. The van der Waals surface area contributed by atoms with E-state index in [1.807, 2.05) is 0 Å². The van der Waals surface area contributed by atoms with Crippen molar-refractivity contribution >= 4 is 33.5 Å². The van der Waals surface area contributed by atoms with Gasteiger partial charge in [0.2, 0.25) is 0 Å². The standard InChI is InChI=1S/C49H38N2/c1-49(2)44-23-10-8-21-42(44)48-41(22-13-24-45(48)49)43-32-36(27-29-47(43)50-38-18-4-3-5-19-38)34-16-12-17-37(30-34)40-20-9-11-25-46(40)51-39-28-26-33-14-6-7-15-35(33)31-39/h3-32,50-51H,1-2H3. The third-order valence-corrected chi connectivity index (χ3v) is 10.4. The van der Waals surface area contributed by atoms with Gasteiger partial charge < -0.3 is 10.6 Å².